The topological polar surface area (TPSA) is 42.1 Å². The average molecular weight is 269 g/mol. The molecule has 1 saturated heterocycles. The zero-order valence-electron chi connectivity index (χ0n) is 12.3. The minimum absolute atomic E-state index is 0.498. The summed E-state index contributed by atoms with van der Waals surface area (Å²) in [5.41, 5.74) is 8.55. The molecule has 2 atom stereocenters. The van der Waals surface area contributed by atoms with Gasteiger partial charge in [-0.05, 0) is 54.9 Å². The lowest BCUT2D eigenvalue weighted by atomic mass is 9.96. The van der Waals surface area contributed by atoms with Gasteiger partial charge in [0.05, 0.1) is 0 Å². The lowest BCUT2D eigenvalue weighted by molar-refractivity contribution is 0.314. The number of aromatic nitrogens is 1. The SMILES string of the molecule is CCc1cncc2cc(C3CC(CN)CN3C)ccc12. The molecule has 1 aromatic heterocycles. The second-order valence-electron chi connectivity index (χ2n) is 5.93. The van der Waals surface area contributed by atoms with Crippen molar-refractivity contribution in [3.05, 3.63) is 41.7 Å². The molecule has 0 saturated carbocycles. The predicted molar refractivity (Wildman–Crippen MR) is 83.7 cm³/mol. The molecule has 1 aliphatic rings. The zero-order valence-corrected chi connectivity index (χ0v) is 12.3. The van der Waals surface area contributed by atoms with Gasteiger partial charge in [-0.3, -0.25) is 9.88 Å². The Morgan fingerprint density at radius 3 is 2.90 bits per heavy atom. The minimum Gasteiger partial charge on any atom is -0.330 e. The fourth-order valence-corrected chi connectivity index (χ4v) is 3.41. The maximum atomic E-state index is 5.83. The molecule has 2 unspecified atom stereocenters. The van der Waals surface area contributed by atoms with Gasteiger partial charge in [-0.15, -0.1) is 0 Å². The van der Waals surface area contributed by atoms with E-state index in [0.717, 1.165) is 19.5 Å². The van der Waals surface area contributed by atoms with Gasteiger partial charge < -0.3 is 5.73 Å². The van der Waals surface area contributed by atoms with Crippen molar-refractivity contribution >= 4 is 10.8 Å². The fourth-order valence-electron chi connectivity index (χ4n) is 3.41. The normalized spacial score (nSPS) is 23.6. The second-order valence-corrected chi connectivity index (χ2v) is 5.93. The molecule has 0 aliphatic carbocycles. The van der Waals surface area contributed by atoms with Gasteiger partial charge >= 0.3 is 0 Å². The monoisotopic (exact) mass is 269 g/mol. The van der Waals surface area contributed by atoms with Gasteiger partial charge in [0.15, 0.2) is 0 Å². The van der Waals surface area contributed by atoms with Crippen LogP contribution in [0.2, 0.25) is 0 Å². The van der Waals surface area contributed by atoms with Crippen LogP contribution < -0.4 is 5.73 Å². The largest absolute Gasteiger partial charge is 0.330 e. The highest BCUT2D eigenvalue weighted by molar-refractivity contribution is 5.85. The Bertz CT molecular complexity index is 608. The van der Waals surface area contributed by atoms with Crippen molar-refractivity contribution in [1.82, 2.24) is 9.88 Å². The Labute approximate surface area is 120 Å². The van der Waals surface area contributed by atoms with Gasteiger partial charge in [0.2, 0.25) is 0 Å². The van der Waals surface area contributed by atoms with Gasteiger partial charge in [-0.25, -0.2) is 0 Å². The van der Waals surface area contributed by atoms with Crippen LogP contribution in [0.1, 0.15) is 30.5 Å². The average Bonchev–Trinajstić information content (AvgIpc) is 2.87. The van der Waals surface area contributed by atoms with Crippen molar-refractivity contribution in [1.29, 1.82) is 0 Å². The van der Waals surface area contributed by atoms with Crippen LogP contribution in [-0.2, 0) is 6.42 Å². The summed E-state index contributed by atoms with van der Waals surface area (Å²) in [5.74, 6) is 0.626. The van der Waals surface area contributed by atoms with Crippen LogP contribution >= 0.6 is 0 Å². The van der Waals surface area contributed by atoms with E-state index in [1.54, 1.807) is 0 Å². The van der Waals surface area contributed by atoms with Gasteiger partial charge in [-0.2, -0.15) is 0 Å². The lowest BCUT2D eigenvalue weighted by Crippen LogP contribution is -2.20. The number of benzene rings is 1. The molecule has 3 heteroatoms. The van der Waals surface area contributed by atoms with Crippen LogP contribution in [0.5, 0.6) is 0 Å². The lowest BCUT2D eigenvalue weighted by Gasteiger charge is -2.20. The maximum Gasteiger partial charge on any atom is 0.0349 e. The first-order valence-electron chi connectivity index (χ1n) is 7.49. The van der Waals surface area contributed by atoms with E-state index in [1.807, 2.05) is 12.4 Å². The molecule has 2 aromatic rings. The van der Waals surface area contributed by atoms with Gasteiger partial charge in [-0.1, -0.05) is 19.1 Å². The first kappa shape index (κ1) is 13.5. The van der Waals surface area contributed by atoms with Crippen LogP contribution in [0.15, 0.2) is 30.6 Å². The number of rotatable bonds is 3. The first-order chi connectivity index (χ1) is 9.72. The minimum atomic E-state index is 0.498. The fraction of sp³-hybridized carbons (Fsp3) is 0.471. The van der Waals surface area contributed by atoms with Crippen LogP contribution in [0, 0.1) is 5.92 Å². The molecule has 1 fully saturated rings. The standard InChI is InChI=1S/C17H23N3/c1-3-13-9-19-10-15-7-14(4-5-16(13)15)17-6-12(8-18)11-20(17)2/h4-5,7,9-10,12,17H,3,6,8,11,18H2,1-2H3. The van der Waals surface area contributed by atoms with E-state index < -0.39 is 0 Å². The van der Waals surface area contributed by atoms with E-state index in [9.17, 15) is 0 Å². The van der Waals surface area contributed by atoms with Crippen molar-refractivity contribution in [3.8, 4) is 0 Å². The molecule has 1 aliphatic heterocycles. The van der Waals surface area contributed by atoms with Crippen LogP contribution in [0.25, 0.3) is 10.8 Å². The highest BCUT2D eigenvalue weighted by atomic mass is 15.2. The number of hydrogen-bond donors (Lipinski definition) is 1. The molecule has 0 amide bonds. The third kappa shape index (κ3) is 2.32. The third-order valence-corrected chi connectivity index (χ3v) is 4.60. The smallest absolute Gasteiger partial charge is 0.0349 e. The molecule has 20 heavy (non-hydrogen) atoms. The van der Waals surface area contributed by atoms with E-state index >= 15 is 0 Å². The number of fused-ring (bicyclic) bond motifs is 1. The van der Waals surface area contributed by atoms with Gasteiger partial charge in [0, 0.05) is 30.4 Å². The van der Waals surface area contributed by atoms with Crippen molar-refractivity contribution in [3.63, 3.8) is 0 Å². The molecular weight excluding hydrogens is 246 g/mol. The summed E-state index contributed by atoms with van der Waals surface area (Å²) in [4.78, 5) is 6.79. The van der Waals surface area contributed by atoms with E-state index in [0.29, 0.717) is 12.0 Å². The van der Waals surface area contributed by atoms with Crippen molar-refractivity contribution in [2.75, 3.05) is 20.1 Å². The highest BCUT2D eigenvalue weighted by Gasteiger charge is 2.29. The van der Waals surface area contributed by atoms with E-state index in [4.69, 9.17) is 5.73 Å². The summed E-state index contributed by atoms with van der Waals surface area (Å²) < 4.78 is 0. The summed E-state index contributed by atoms with van der Waals surface area (Å²) in [6, 6.07) is 7.34. The van der Waals surface area contributed by atoms with Gasteiger partial charge in [0.1, 0.15) is 0 Å². The molecule has 0 spiro atoms. The first-order valence-corrected chi connectivity index (χ1v) is 7.49. The quantitative estimate of drug-likeness (QED) is 0.931. The molecule has 0 radical (unpaired) electrons. The molecule has 1 aromatic carbocycles. The van der Waals surface area contributed by atoms with Crippen molar-refractivity contribution in [2.24, 2.45) is 11.7 Å². The molecular formula is C17H23N3. The molecule has 0 bridgehead atoms. The highest BCUT2D eigenvalue weighted by Crippen LogP contribution is 2.35. The second kappa shape index (κ2) is 5.51. The summed E-state index contributed by atoms with van der Waals surface area (Å²) in [6.07, 6.45) is 6.16. The van der Waals surface area contributed by atoms with E-state index in [2.05, 4.69) is 42.1 Å². The molecule has 2 N–H and O–H groups in total. The van der Waals surface area contributed by atoms with Crippen molar-refractivity contribution < 1.29 is 0 Å². The van der Waals surface area contributed by atoms with Crippen molar-refractivity contribution in [2.45, 2.75) is 25.8 Å². The summed E-state index contributed by atoms with van der Waals surface area (Å²) in [5, 5.41) is 2.59. The third-order valence-electron chi connectivity index (χ3n) is 4.60. The number of hydrogen-bond acceptors (Lipinski definition) is 3. The Balaban J connectivity index is 1.97. The molecule has 3 rings (SSSR count). The maximum absolute atomic E-state index is 5.83. The Hall–Kier alpha value is -1.45. The van der Waals surface area contributed by atoms with Crippen LogP contribution in [0.3, 0.4) is 0 Å². The number of pyridine rings is 1. The van der Waals surface area contributed by atoms with Crippen LogP contribution in [0.4, 0.5) is 0 Å². The Kier molecular flexibility index (Phi) is 3.72. The molecule has 2 heterocycles. The van der Waals surface area contributed by atoms with Crippen LogP contribution in [-0.4, -0.2) is 30.0 Å². The van der Waals surface area contributed by atoms with Gasteiger partial charge in [0.25, 0.3) is 0 Å². The predicted octanol–water partition coefficient (Wildman–Crippen LogP) is 2.75. The number of aryl methyl sites for hydroxylation is 1. The Morgan fingerprint density at radius 2 is 2.20 bits per heavy atom. The summed E-state index contributed by atoms with van der Waals surface area (Å²) in [6.45, 7) is 4.07. The summed E-state index contributed by atoms with van der Waals surface area (Å²) >= 11 is 0. The number of nitrogens with two attached hydrogens (primary N) is 1. The summed E-state index contributed by atoms with van der Waals surface area (Å²) in [7, 11) is 2.20. The number of nitrogens with zero attached hydrogens (tertiary/aromatic N) is 2. The molecule has 3 nitrogen and oxygen atoms in total. The number of likely N-dealkylation sites (tertiary alicyclic amines) is 1. The van der Waals surface area contributed by atoms with E-state index in [1.165, 1.54) is 28.3 Å². The Morgan fingerprint density at radius 1 is 1.35 bits per heavy atom. The molecule has 106 valence electrons. The zero-order chi connectivity index (χ0) is 14.1. The van der Waals surface area contributed by atoms with E-state index in [-0.39, 0.29) is 0 Å².